The van der Waals surface area contributed by atoms with E-state index < -0.39 is 29.9 Å². The number of anilines is 1. The molecule has 0 radical (unpaired) electrons. The molecule has 42 heavy (non-hydrogen) atoms. The number of carboxylic acid groups (broad SMARTS) is 1. The summed E-state index contributed by atoms with van der Waals surface area (Å²) in [6, 6.07) is 10.8. The highest BCUT2D eigenvalue weighted by Crippen LogP contribution is 2.34. The highest BCUT2D eigenvalue weighted by Gasteiger charge is 2.40. The van der Waals surface area contributed by atoms with E-state index in [-0.39, 0.29) is 17.4 Å². The molecule has 15 heteroatoms. The first kappa shape index (κ1) is 30.8. The highest BCUT2D eigenvalue weighted by molar-refractivity contribution is 6.30. The summed E-state index contributed by atoms with van der Waals surface area (Å²) in [5, 5.41) is 10.5. The maximum absolute atomic E-state index is 13.4. The molecule has 1 atom stereocenters. The SMILES string of the molecule is O=C(O)C(F)(F)F.O=C1Nc2ccc(-c3cccc(C(F)(F)F)c3)cc2C(=O)N2CCN(Cc3cncc(Cl)c3)CC12. The molecule has 3 heterocycles. The van der Waals surface area contributed by atoms with Gasteiger partial charge in [0, 0.05) is 38.6 Å². The lowest BCUT2D eigenvalue weighted by molar-refractivity contribution is -0.192. The number of aromatic nitrogens is 1. The summed E-state index contributed by atoms with van der Waals surface area (Å²) in [6.07, 6.45) is -6.30. The van der Waals surface area contributed by atoms with Crippen molar-refractivity contribution in [3.05, 3.63) is 82.6 Å². The summed E-state index contributed by atoms with van der Waals surface area (Å²) in [6.45, 7) is 1.74. The smallest absolute Gasteiger partial charge is 0.475 e. The average Bonchev–Trinajstić information content (AvgIpc) is 3.02. The van der Waals surface area contributed by atoms with Crippen LogP contribution in [0.4, 0.5) is 32.0 Å². The number of nitrogens with one attached hydrogen (secondary N) is 1. The summed E-state index contributed by atoms with van der Waals surface area (Å²) < 4.78 is 71.2. The summed E-state index contributed by atoms with van der Waals surface area (Å²) in [5.41, 5.74) is 1.53. The molecule has 2 aliphatic heterocycles. The van der Waals surface area contributed by atoms with E-state index in [0.717, 1.165) is 17.7 Å². The molecular weight excluding hydrogens is 594 g/mol. The Morgan fingerprint density at radius 2 is 1.69 bits per heavy atom. The van der Waals surface area contributed by atoms with E-state index >= 15 is 0 Å². The van der Waals surface area contributed by atoms with Crippen molar-refractivity contribution in [3.63, 3.8) is 0 Å². The van der Waals surface area contributed by atoms with E-state index in [0.29, 0.717) is 48.0 Å². The quantitative estimate of drug-likeness (QED) is 0.387. The van der Waals surface area contributed by atoms with Gasteiger partial charge in [0.25, 0.3) is 5.91 Å². The maximum Gasteiger partial charge on any atom is 0.490 e. The minimum absolute atomic E-state index is 0.253. The number of halogens is 7. The molecule has 8 nitrogen and oxygen atoms in total. The van der Waals surface area contributed by atoms with Crippen LogP contribution in [0.3, 0.4) is 0 Å². The zero-order valence-electron chi connectivity index (χ0n) is 21.3. The minimum Gasteiger partial charge on any atom is -0.475 e. The molecule has 0 saturated carbocycles. The first-order valence-electron chi connectivity index (χ1n) is 12.2. The summed E-state index contributed by atoms with van der Waals surface area (Å²) in [7, 11) is 0. The Labute approximate surface area is 239 Å². The largest absolute Gasteiger partial charge is 0.490 e. The topological polar surface area (TPSA) is 103 Å². The monoisotopic (exact) mass is 614 g/mol. The Morgan fingerprint density at radius 3 is 2.33 bits per heavy atom. The number of piperazine rings is 1. The van der Waals surface area contributed by atoms with Gasteiger partial charge in [-0.3, -0.25) is 19.5 Å². The van der Waals surface area contributed by atoms with E-state index in [2.05, 4.69) is 15.2 Å². The normalized spacial score (nSPS) is 17.3. The van der Waals surface area contributed by atoms with Crippen molar-refractivity contribution in [1.82, 2.24) is 14.8 Å². The molecule has 2 aromatic carbocycles. The number of hydrogen-bond acceptors (Lipinski definition) is 5. The third-order valence-electron chi connectivity index (χ3n) is 6.47. The lowest BCUT2D eigenvalue weighted by Crippen LogP contribution is -2.58. The first-order valence-corrected chi connectivity index (χ1v) is 12.6. The fraction of sp³-hybridized carbons (Fsp3) is 0.259. The van der Waals surface area contributed by atoms with Gasteiger partial charge >= 0.3 is 18.3 Å². The van der Waals surface area contributed by atoms with Crippen LogP contribution >= 0.6 is 11.6 Å². The van der Waals surface area contributed by atoms with Crippen LogP contribution in [0.5, 0.6) is 0 Å². The Bertz CT molecular complexity index is 1510. The van der Waals surface area contributed by atoms with Crippen LogP contribution in [0.15, 0.2) is 60.9 Å². The van der Waals surface area contributed by atoms with Gasteiger partial charge < -0.3 is 15.3 Å². The molecule has 1 unspecified atom stereocenters. The van der Waals surface area contributed by atoms with E-state index in [1.807, 2.05) is 6.07 Å². The van der Waals surface area contributed by atoms with Crippen molar-refractivity contribution in [3.8, 4) is 11.1 Å². The van der Waals surface area contributed by atoms with Crippen LogP contribution in [-0.4, -0.2) is 69.5 Å². The van der Waals surface area contributed by atoms with Crippen molar-refractivity contribution < 1.29 is 45.8 Å². The molecule has 1 saturated heterocycles. The van der Waals surface area contributed by atoms with Gasteiger partial charge in [-0.25, -0.2) is 4.79 Å². The van der Waals surface area contributed by atoms with Crippen molar-refractivity contribution >= 4 is 35.1 Å². The van der Waals surface area contributed by atoms with E-state index in [9.17, 15) is 35.9 Å². The fourth-order valence-corrected chi connectivity index (χ4v) is 4.70. The standard InChI is InChI=1S/C25H20ClF3N4O2.C2HF3O2/c26-19-8-15(11-30-12-19)13-32-6-7-33-22(14-32)23(34)31-21-5-4-17(10-20(21)24(33)35)16-2-1-3-18(9-16)25(27,28)29;3-2(4,5)1(6)7/h1-5,8-12,22H,6-7,13-14H2,(H,31,34);(H,6,7). The molecule has 5 rings (SSSR count). The molecule has 2 amide bonds. The molecule has 1 aromatic heterocycles. The molecule has 222 valence electrons. The van der Waals surface area contributed by atoms with Gasteiger partial charge in [-0.1, -0.05) is 29.8 Å². The second-order valence-electron chi connectivity index (χ2n) is 9.39. The fourth-order valence-electron chi connectivity index (χ4n) is 4.51. The number of aliphatic carboxylic acids is 1. The molecular formula is C27H21ClF6N4O4. The lowest BCUT2D eigenvalue weighted by atomic mass is 9.99. The van der Waals surface area contributed by atoms with E-state index in [1.54, 1.807) is 36.7 Å². The third-order valence-corrected chi connectivity index (χ3v) is 6.68. The van der Waals surface area contributed by atoms with E-state index in [1.165, 1.54) is 11.0 Å². The molecule has 0 aliphatic carbocycles. The van der Waals surface area contributed by atoms with Crippen LogP contribution in [0, 0.1) is 0 Å². The van der Waals surface area contributed by atoms with Crippen LogP contribution < -0.4 is 5.32 Å². The first-order chi connectivity index (χ1) is 19.6. The molecule has 1 fully saturated rings. The minimum atomic E-state index is -5.08. The molecule has 2 N–H and O–H groups in total. The Morgan fingerprint density at radius 1 is 1.00 bits per heavy atom. The number of carbonyl (C=O) groups excluding carboxylic acids is 2. The van der Waals surface area contributed by atoms with Gasteiger partial charge in [-0.15, -0.1) is 0 Å². The maximum atomic E-state index is 13.4. The number of hydrogen-bond donors (Lipinski definition) is 2. The van der Waals surface area contributed by atoms with Crippen molar-refractivity contribution in [2.45, 2.75) is 24.9 Å². The predicted octanol–water partition coefficient (Wildman–Crippen LogP) is 5.33. The zero-order chi connectivity index (χ0) is 30.8. The number of amides is 2. The molecule has 3 aromatic rings. The molecule has 0 bridgehead atoms. The predicted molar refractivity (Wildman–Crippen MR) is 139 cm³/mol. The third kappa shape index (κ3) is 7.18. The van der Waals surface area contributed by atoms with Gasteiger partial charge in [-0.05, 0) is 47.0 Å². The molecule has 0 spiro atoms. The van der Waals surface area contributed by atoms with Crippen molar-refractivity contribution in [2.24, 2.45) is 0 Å². The van der Waals surface area contributed by atoms with Gasteiger partial charge in [0.1, 0.15) is 6.04 Å². The van der Waals surface area contributed by atoms with Gasteiger partial charge in [0.15, 0.2) is 0 Å². The average molecular weight is 615 g/mol. The number of carbonyl (C=O) groups is 3. The van der Waals surface area contributed by atoms with Gasteiger partial charge in [0.2, 0.25) is 5.91 Å². The van der Waals surface area contributed by atoms with Crippen molar-refractivity contribution in [2.75, 3.05) is 25.0 Å². The van der Waals surface area contributed by atoms with Crippen LogP contribution in [0.25, 0.3) is 11.1 Å². The number of pyridine rings is 1. The number of rotatable bonds is 3. The van der Waals surface area contributed by atoms with Crippen LogP contribution in [-0.2, 0) is 22.3 Å². The summed E-state index contributed by atoms with van der Waals surface area (Å²) >= 11 is 6.02. The number of fused-ring (bicyclic) bond motifs is 2. The van der Waals surface area contributed by atoms with Crippen LogP contribution in [0.1, 0.15) is 21.5 Å². The summed E-state index contributed by atoms with van der Waals surface area (Å²) in [5.74, 6) is -3.40. The Kier molecular flexibility index (Phi) is 8.78. The number of alkyl halides is 6. The number of carboxylic acids is 1. The van der Waals surface area contributed by atoms with Gasteiger partial charge in [0.05, 0.1) is 21.8 Å². The molecule has 2 aliphatic rings. The second-order valence-corrected chi connectivity index (χ2v) is 9.83. The summed E-state index contributed by atoms with van der Waals surface area (Å²) in [4.78, 5) is 43.0. The van der Waals surface area contributed by atoms with Crippen molar-refractivity contribution in [1.29, 1.82) is 0 Å². The highest BCUT2D eigenvalue weighted by atomic mass is 35.5. The second kappa shape index (κ2) is 12.0. The number of nitrogens with zero attached hydrogens (tertiary/aromatic N) is 3. The zero-order valence-corrected chi connectivity index (χ0v) is 22.1. The Hall–Kier alpha value is -4.17. The lowest BCUT2D eigenvalue weighted by Gasteiger charge is -2.39. The van der Waals surface area contributed by atoms with E-state index in [4.69, 9.17) is 21.5 Å². The Balaban J connectivity index is 0.000000517. The number of benzene rings is 2. The van der Waals surface area contributed by atoms with Gasteiger partial charge in [-0.2, -0.15) is 26.3 Å². The van der Waals surface area contributed by atoms with Crippen LogP contribution in [0.2, 0.25) is 5.02 Å².